The summed E-state index contributed by atoms with van der Waals surface area (Å²) < 4.78 is 5.51. The fraction of sp³-hybridized carbons (Fsp3) is 0.889. The monoisotopic (exact) mass is 172 g/mol. The minimum Gasteiger partial charge on any atom is -0.481 e. The number of carboxylic acids is 1. The predicted molar refractivity (Wildman–Crippen MR) is 45.0 cm³/mol. The lowest BCUT2D eigenvalue weighted by Crippen LogP contribution is -2.30. The minimum absolute atomic E-state index is 0.220. The van der Waals surface area contributed by atoms with Gasteiger partial charge in [-0.15, -0.1) is 0 Å². The Kier molecular flexibility index (Phi) is 3.09. The highest BCUT2D eigenvalue weighted by Crippen LogP contribution is 2.26. The molecule has 12 heavy (non-hydrogen) atoms. The van der Waals surface area contributed by atoms with Crippen LogP contribution in [0.2, 0.25) is 0 Å². The summed E-state index contributed by atoms with van der Waals surface area (Å²) in [7, 11) is 0. The molecule has 1 aliphatic heterocycles. The van der Waals surface area contributed by atoms with Gasteiger partial charge >= 0.3 is 5.97 Å². The van der Waals surface area contributed by atoms with Crippen molar-refractivity contribution >= 4 is 5.97 Å². The first-order valence-electron chi connectivity index (χ1n) is 4.45. The molecule has 0 aliphatic carbocycles. The highest BCUT2D eigenvalue weighted by molar-refractivity contribution is 5.67. The van der Waals surface area contributed by atoms with Crippen LogP contribution in [0, 0.1) is 5.92 Å². The predicted octanol–water partition coefficient (Wildman–Crippen LogP) is 1.66. The van der Waals surface area contributed by atoms with E-state index in [1.165, 1.54) is 0 Å². The van der Waals surface area contributed by atoms with Crippen LogP contribution >= 0.6 is 0 Å². The van der Waals surface area contributed by atoms with Gasteiger partial charge in [0, 0.05) is 6.42 Å². The lowest BCUT2D eigenvalue weighted by molar-refractivity contribution is -0.140. The van der Waals surface area contributed by atoms with Crippen molar-refractivity contribution in [3.8, 4) is 0 Å². The Balaban J connectivity index is 2.38. The molecule has 1 rings (SSSR count). The van der Waals surface area contributed by atoms with Crippen molar-refractivity contribution in [3.05, 3.63) is 0 Å². The van der Waals surface area contributed by atoms with Gasteiger partial charge in [0.15, 0.2) is 0 Å². The largest absolute Gasteiger partial charge is 0.481 e. The molecule has 3 atom stereocenters. The van der Waals surface area contributed by atoms with Gasteiger partial charge in [-0.3, -0.25) is 4.79 Å². The molecule has 1 N–H and O–H groups in total. The van der Waals surface area contributed by atoms with Crippen LogP contribution in [0.3, 0.4) is 0 Å². The number of carboxylic acid groups (broad SMARTS) is 1. The zero-order valence-corrected chi connectivity index (χ0v) is 7.62. The van der Waals surface area contributed by atoms with Crippen LogP contribution in [0.1, 0.15) is 33.1 Å². The third kappa shape index (κ3) is 2.81. The smallest absolute Gasteiger partial charge is 0.303 e. The Morgan fingerprint density at radius 2 is 1.92 bits per heavy atom. The zero-order chi connectivity index (χ0) is 9.14. The van der Waals surface area contributed by atoms with Gasteiger partial charge in [-0.05, 0) is 32.6 Å². The average Bonchev–Trinajstić information content (AvgIpc) is 1.81. The van der Waals surface area contributed by atoms with Crippen LogP contribution in [0.4, 0.5) is 0 Å². The maximum atomic E-state index is 10.4. The summed E-state index contributed by atoms with van der Waals surface area (Å²) in [4.78, 5) is 10.4. The molecule has 0 amide bonds. The molecule has 0 aromatic rings. The highest BCUT2D eigenvalue weighted by atomic mass is 16.5. The van der Waals surface area contributed by atoms with Gasteiger partial charge in [-0.1, -0.05) is 0 Å². The molecule has 70 valence electrons. The zero-order valence-electron chi connectivity index (χ0n) is 7.62. The summed E-state index contributed by atoms with van der Waals surface area (Å²) in [5, 5.41) is 8.60. The molecule has 0 spiro atoms. The first kappa shape index (κ1) is 9.52. The fourth-order valence-electron chi connectivity index (χ4n) is 1.96. The molecular formula is C9H16O3. The summed E-state index contributed by atoms with van der Waals surface area (Å²) in [6.45, 7) is 4.01. The summed E-state index contributed by atoms with van der Waals surface area (Å²) in [6.07, 6.45) is 2.50. The van der Waals surface area contributed by atoms with E-state index in [0.29, 0.717) is 5.92 Å². The van der Waals surface area contributed by atoms with Crippen LogP contribution in [0.25, 0.3) is 0 Å². The molecule has 0 aromatic heterocycles. The second kappa shape index (κ2) is 3.90. The molecule has 1 aliphatic rings. The first-order chi connectivity index (χ1) is 5.58. The Morgan fingerprint density at radius 1 is 1.42 bits per heavy atom. The van der Waals surface area contributed by atoms with Gasteiger partial charge in [0.1, 0.15) is 0 Å². The van der Waals surface area contributed by atoms with Crippen LogP contribution in [0.15, 0.2) is 0 Å². The topological polar surface area (TPSA) is 46.5 Å². The summed E-state index contributed by atoms with van der Waals surface area (Å²) in [5.74, 6) is -0.387. The maximum Gasteiger partial charge on any atom is 0.303 e. The fourth-order valence-corrected chi connectivity index (χ4v) is 1.96. The van der Waals surface area contributed by atoms with Gasteiger partial charge in [0.25, 0.3) is 0 Å². The van der Waals surface area contributed by atoms with E-state index in [1.807, 2.05) is 13.8 Å². The molecular weight excluding hydrogens is 156 g/mol. The molecule has 1 fully saturated rings. The molecule has 1 saturated heterocycles. The van der Waals surface area contributed by atoms with E-state index in [2.05, 4.69) is 0 Å². The van der Waals surface area contributed by atoms with Crippen molar-refractivity contribution in [3.63, 3.8) is 0 Å². The third-order valence-corrected chi connectivity index (χ3v) is 2.26. The third-order valence-electron chi connectivity index (χ3n) is 2.26. The highest BCUT2D eigenvalue weighted by Gasteiger charge is 2.25. The van der Waals surface area contributed by atoms with Crippen molar-refractivity contribution in [1.82, 2.24) is 0 Å². The molecule has 0 saturated carbocycles. The van der Waals surface area contributed by atoms with E-state index < -0.39 is 5.97 Å². The maximum absolute atomic E-state index is 10.4. The summed E-state index contributed by atoms with van der Waals surface area (Å²) >= 11 is 0. The van der Waals surface area contributed by atoms with Gasteiger partial charge in [0.2, 0.25) is 0 Å². The van der Waals surface area contributed by atoms with Crippen molar-refractivity contribution in [2.24, 2.45) is 5.92 Å². The number of hydrogen-bond acceptors (Lipinski definition) is 2. The van der Waals surface area contributed by atoms with Crippen molar-refractivity contribution in [2.75, 3.05) is 0 Å². The molecule has 0 unspecified atom stereocenters. The van der Waals surface area contributed by atoms with Gasteiger partial charge < -0.3 is 9.84 Å². The van der Waals surface area contributed by atoms with Gasteiger partial charge in [0.05, 0.1) is 12.2 Å². The van der Waals surface area contributed by atoms with E-state index in [9.17, 15) is 4.79 Å². The normalized spacial score (nSPS) is 36.3. The Bertz CT molecular complexity index is 157. The molecule has 0 bridgehead atoms. The van der Waals surface area contributed by atoms with E-state index in [0.717, 1.165) is 12.8 Å². The number of ether oxygens (including phenoxy) is 1. The molecule has 0 radical (unpaired) electrons. The summed E-state index contributed by atoms with van der Waals surface area (Å²) in [5.41, 5.74) is 0. The van der Waals surface area contributed by atoms with Crippen LogP contribution in [0.5, 0.6) is 0 Å². The number of aliphatic carboxylic acids is 1. The number of carbonyl (C=O) groups is 1. The van der Waals surface area contributed by atoms with Crippen LogP contribution in [-0.4, -0.2) is 23.3 Å². The standard InChI is InChI=1S/C9H16O3/c1-6-3-8(5-9(10)11)4-7(2)12-6/h6-8H,3-5H2,1-2H3,(H,10,11)/t6-,7+,8-. The van der Waals surface area contributed by atoms with Crippen molar-refractivity contribution < 1.29 is 14.6 Å². The quantitative estimate of drug-likeness (QED) is 0.689. The average molecular weight is 172 g/mol. The summed E-state index contributed by atoms with van der Waals surface area (Å²) in [6, 6.07) is 0. The Morgan fingerprint density at radius 3 is 2.33 bits per heavy atom. The van der Waals surface area contributed by atoms with Crippen LogP contribution < -0.4 is 0 Å². The Labute approximate surface area is 72.7 Å². The molecule has 1 heterocycles. The lowest BCUT2D eigenvalue weighted by Gasteiger charge is -2.31. The molecule has 0 aromatic carbocycles. The van der Waals surface area contributed by atoms with Gasteiger partial charge in [-0.25, -0.2) is 0 Å². The number of hydrogen-bond donors (Lipinski definition) is 1. The number of rotatable bonds is 2. The van der Waals surface area contributed by atoms with Crippen LogP contribution in [-0.2, 0) is 9.53 Å². The second-order valence-corrected chi connectivity index (χ2v) is 3.69. The van der Waals surface area contributed by atoms with E-state index in [4.69, 9.17) is 9.84 Å². The molecule has 3 nitrogen and oxygen atoms in total. The van der Waals surface area contributed by atoms with E-state index in [-0.39, 0.29) is 18.6 Å². The van der Waals surface area contributed by atoms with E-state index in [1.54, 1.807) is 0 Å². The van der Waals surface area contributed by atoms with E-state index >= 15 is 0 Å². The minimum atomic E-state index is -0.693. The van der Waals surface area contributed by atoms with Gasteiger partial charge in [-0.2, -0.15) is 0 Å². The second-order valence-electron chi connectivity index (χ2n) is 3.69. The molecule has 3 heteroatoms. The van der Waals surface area contributed by atoms with Crippen molar-refractivity contribution in [2.45, 2.75) is 45.3 Å². The van der Waals surface area contributed by atoms with Crippen molar-refractivity contribution in [1.29, 1.82) is 0 Å². The first-order valence-corrected chi connectivity index (χ1v) is 4.45. The Hall–Kier alpha value is -0.570. The SMILES string of the molecule is C[C@@H]1C[C@@H](CC(=O)O)C[C@H](C)O1. The lowest BCUT2D eigenvalue weighted by atomic mass is 9.90.